The second kappa shape index (κ2) is 8.95. The summed E-state index contributed by atoms with van der Waals surface area (Å²) in [7, 11) is 0. The molecule has 1 unspecified atom stereocenters. The van der Waals surface area contributed by atoms with Gasteiger partial charge in [-0.3, -0.25) is 0 Å². The van der Waals surface area contributed by atoms with Gasteiger partial charge in [0.1, 0.15) is 12.4 Å². The third-order valence-electron chi connectivity index (χ3n) is 2.83. The summed E-state index contributed by atoms with van der Waals surface area (Å²) >= 11 is 0. The van der Waals surface area contributed by atoms with Crippen molar-refractivity contribution in [3.8, 4) is 5.75 Å². The van der Waals surface area contributed by atoms with Gasteiger partial charge in [-0.1, -0.05) is 26.0 Å². The Labute approximate surface area is 110 Å². The average Bonchev–Trinajstić information content (AvgIpc) is 2.42. The molecular weight excluding hydrogens is 226 g/mol. The molecule has 1 aromatic rings. The number of rotatable bonds is 9. The molecule has 3 nitrogen and oxygen atoms in total. The molecular formula is C15H25NO2. The first-order valence-electron chi connectivity index (χ1n) is 6.80. The van der Waals surface area contributed by atoms with Gasteiger partial charge in [-0.2, -0.15) is 0 Å². The van der Waals surface area contributed by atoms with E-state index >= 15 is 0 Å². The first-order valence-corrected chi connectivity index (χ1v) is 6.80. The highest BCUT2D eigenvalue weighted by atomic mass is 16.5. The van der Waals surface area contributed by atoms with E-state index in [1.54, 1.807) is 0 Å². The summed E-state index contributed by atoms with van der Waals surface area (Å²) in [6.45, 7) is 9.46. The van der Waals surface area contributed by atoms with Gasteiger partial charge in [-0.05, 0) is 37.6 Å². The summed E-state index contributed by atoms with van der Waals surface area (Å²) in [4.78, 5) is 0. The lowest BCUT2D eigenvalue weighted by Crippen LogP contribution is -2.13. The fourth-order valence-corrected chi connectivity index (χ4v) is 1.50. The zero-order valence-electron chi connectivity index (χ0n) is 11.7. The lowest BCUT2D eigenvalue weighted by molar-refractivity contribution is 0.0427. The van der Waals surface area contributed by atoms with E-state index in [1.165, 1.54) is 5.56 Å². The Kier molecular flexibility index (Phi) is 7.46. The minimum atomic E-state index is 0.316. The fourth-order valence-electron chi connectivity index (χ4n) is 1.50. The van der Waals surface area contributed by atoms with Crippen molar-refractivity contribution >= 4 is 0 Å². The van der Waals surface area contributed by atoms with E-state index in [0.29, 0.717) is 19.3 Å². The van der Waals surface area contributed by atoms with Crippen molar-refractivity contribution in [3.05, 3.63) is 29.8 Å². The molecule has 0 spiro atoms. The van der Waals surface area contributed by atoms with Gasteiger partial charge in [-0.25, -0.2) is 0 Å². The van der Waals surface area contributed by atoms with Crippen LogP contribution in [-0.2, 0) is 11.3 Å². The molecule has 3 heteroatoms. The Morgan fingerprint density at radius 2 is 1.83 bits per heavy atom. The van der Waals surface area contributed by atoms with E-state index in [9.17, 15) is 0 Å². The van der Waals surface area contributed by atoms with E-state index in [4.69, 9.17) is 9.47 Å². The van der Waals surface area contributed by atoms with Crippen molar-refractivity contribution in [3.63, 3.8) is 0 Å². The lowest BCUT2D eigenvalue weighted by Gasteiger charge is -2.11. The third-order valence-corrected chi connectivity index (χ3v) is 2.83. The van der Waals surface area contributed by atoms with E-state index in [2.05, 4.69) is 38.2 Å². The molecule has 0 fully saturated rings. The summed E-state index contributed by atoms with van der Waals surface area (Å²) in [6, 6.07) is 8.20. The predicted molar refractivity (Wildman–Crippen MR) is 75.0 cm³/mol. The Morgan fingerprint density at radius 3 is 2.44 bits per heavy atom. The van der Waals surface area contributed by atoms with Crippen LogP contribution in [0.3, 0.4) is 0 Å². The Bertz CT molecular complexity index is 311. The Morgan fingerprint density at radius 1 is 1.11 bits per heavy atom. The molecule has 102 valence electrons. The van der Waals surface area contributed by atoms with Gasteiger partial charge < -0.3 is 14.8 Å². The van der Waals surface area contributed by atoms with E-state index < -0.39 is 0 Å². The topological polar surface area (TPSA) is 30.5 Å². The summed E-state index contributed by atoms with van der Waals surface area (Å²) in [6.07, 6.45) is 1.36. The van der Waals surface area contributed by atoms with E-state index in [-0.39, 0.29) is 0 Å². The molecule has 0 aromatic heterocycles. The first-order chi connectivity index (χ1) is 8.76. The van der Waals surface area contributed by atoms with Gasteiger partial charge in [0, 0.05) is 6.54 Å². The number of hydrogen-bond donors (Lipinski definition) is 1. The van der Waals surface area contributed by atoms with Crippen LogP contribution >= 0.6 is 0 Å². The smallest absolute Gasteiger partial charge is 0.119 e. The molecule has 0 aliphatic rings. The molecule has 0 bridgehead atoms. The highest BCUT2D eigenvalue weighted by Gasteiger charge is 1.99. The van der Waals surface area contributed by atoms with E-state index in [1.807, 2.05) is 12.1 Å². The minimum absolute atomic E-state index is 0.316. The Hall–Kier alpha value is -1.06. The van der Waals surface area contributed by atoms with Crippen LogP contribution in [-0.4, -0.2) is 25.9 Å². The molecule has 18 heavy (non-hydrogen) atoms. The van der Waals surface area contributed by atoms with Crippen molar-refractivity contribution in [1.29, 1.82) is 0 Å². The SMILES string of the molecule is CCNCc1ccc(OCCOC(C)CC)cc1. The van der Waals surface area contributed by atoms with Crippen LogP contribution in [0.5, 0.6) is 5.75 Å². The van der Waals surface area contributed by atoms with Crippen LogP contribution in [0.2, 0.25) is 0 Å². The van der Waals surface area contributed by atoms with Crippen molar-refractivity contribution in [1.82, 2.24) is 5.32 Å². The number of benzene rings is 1. The zero-order valence-corrected chi connectivity index (χ0v) is 11.7. The molecule has 1 atom stereocenters. The zero-order chi connectivity index (χ0) is 13.2. The standard InChI is InChI=1S/C15H25NO2/c1-4-13(3)17-10-11-18-15-8-6-14(7-9-15)12-16-5-2/h6-9,13,16H,4-5,10-12H2,1-3H3. The third kappa shape index (κ3) is 6.03. The molecule has 1 N–H and O–H groups in total. The molecule has 0 amide bonds. The van der Waals surface area contributed by atoms with Gasteiger partial charge in [-0.15, -0.1) is 0 Å². The maximum atomic E-state index is 5.61. The van der Waals surface area contributed by atoms with Crippen LogP contribution in [0.1, 0.15) is 32.8 Å². The highest BCUT2D eigenvalue weighted by Crippen LogP contribution is 2.12. The van der Waals surface area contributed by atoms with Crippen LogP contribution < -0.4 is 10.1 Å². The van der Waals surface area contributed by atoms with E-state index in [0.717, 1.165) is 25.3 Å². The highest BCUT2D eigenvalue weighted by molar-refractivity contribution is 5.27. The van der Waals surface area contributed by atoms with Crippen molar-refractivity contribution in [2.24, 2.45) is 0 Å². The summed E-state index contributed by atoms with van der Waals surface area (Å²) in [5.74, 6) is 0.906. The van der Waals surface area contributed by atoms with Crippen LogP contribution in [0, 0.1) is 0 Å². The molecule has 0 aliphatic carbocycles. The van der Waals surface area contributed by atoms with Crippen LogP contribution in [0.25, 0.3) is 0 Å². The minimum Gasteiger partial charge on any atom is -0.491 e. The van der Waals surface area contributed by atoms with Gasteiger partial charge >= 0.3 is 0 Å². The average molecular weight is 251 g/mol. The molecule has 0 radical (unpaired) electrons. The predicted octanol–water partition coefficient (Wildman–Crippen LogP) is 2.99. The van der Waals surface area contributed by atoms with Gasteiger partial charge in [0.05, 0.1) is 12.7 Å². The van der Waals surface area contributed by atoms with Gasteiger partial charge in [0.25, 0.3) is 0 Å². The molecule has 0 aliphatic heterocycles. The number of nitrogens with one attached hydrogen (secondary N) is 1. The van der Waals surface area contributed by atoms with Crippen LogP contribution in [0.15, 0.2) is 24.3 Å². The second-order valence-corrected chi connectivity index (χ2v) is 4.36. The maximum Gasteiger partial charge on any atom is 0.119 e. The molecule has 1 rings (SSSR count). The first kappa shape index (κ1) is 15.0. The number of ether oxygens (including phenoxy) is 2. The van der Waals surface area contributed by atoms with Gasteiger partial charge in [0.15, 0.2) is 0 Å². The summed E-state index contributed by atoms with van der Waals surface area (Å²) < 4.78 is 11.2. The van der Waals surface area contributed by atoms with Crippen molar-refractivity contribution in [2.75, 3.05) is 19.8 Å². The fraction of sp³-hybridized carbons (Fsp3) is 0.600. The molecule has 0 saturated carbocycles. The number of hydrogen-bond acceptors (Lipinski definition) is 3. The lowest BCUT2D eigenvalue weighted by atomic mass is 10.2. The second-order valence-electron chi connectivity index (χ2n) is 4.36. The van der Waals surface area contributed by atoms with Crippen LogP contribution in [0.4, 0.5) is 0 Å². The monoisotopic (exact) mass is 251 g/mol. The molecule has 0 saturated heterocycles. The molecule has 0 heterocycles. The van der Waals surface area contributed by atoms with Gasteiger partial charge in [0.2, 0.25) is 0 Å². The normalized spacial score (nSPS) is 12.4. The Balaban J connectivity index is 2.22. The maximum absolute atomic E-state index is 5.61. The van der Waals surface area contributed by atoms with Crippen molar-refractivity contribution in [2.45, 2.75) is 39.8 Å². The summed E-state index contributed by atoms with van der Waals surface area (Å²) in [5, 5.41) is 3.29. The summed E-state index contributed by atoms with van der Waals surface area (Å²) in [5.41, 5.74) is 1.28. The molecule has 1 aromatic carbocycles. The van der Waals surface area contributed by atoms with Crippen molar-refractivity contribution < 1.29 is 9.47 Å². The quantitative estimate of drug-likeness (QED) is 0.684. The largest absolute Gasteiger partial charge is 0.491 e.